The third-order valence-corrected chi connectivity index (χ3v) is 4.86. The van der Waals surface area contributed by atoms with Crippen molar-refractivity contribution < 1.29 is 4.74 Å². The molecule has 0 aromatic rings. The lowest BCUT2D eigenvalue weighted by Crippen LogP contribution is -2.49. The summed E-state index contributed by atoms with van der Waals surface area (Å²) in [6.07, 6.45) is 6.75. The predicted molar refractivity (Wildman–Crippen MR) is 75.9 cm³/mol. The van der Waals surface area contributed by atoms with E-state index in [0.717, 1.165) is 37.8 Å². The lowest BCUT2D eigenvalue weighted by Gasteiger charge is -2.40. The van der Waals surface area contributed by atoms with Crippen LogP contribution in [0, 0.1) is 5.92 Å². The van der Waals surface area contributed by atoms with Crippen molar-refractivity contribution in [2.45, 2.75) is 64.1 Å². The summed E-state index contributed by atoms with van der Waals surface area (Å²) in [7, 11) is 2.32. The molecular weight excluding hydrogens is 224 g/mol. The van der Waals surface area contributed by atoms with Gasteiger partial charge in [0.15, 0.2) is 0 Å². The van der Waals surface area contributed by atoms with Crippen LogP contribution in [0.2, 0.25) is 0 Å². The maximum Gasteiger partial charge on any atom is 0.0622 e. The molecule has 1 N–H and O–H groups in total. The second-order valence-corrected chi connectivity index (χ2v) is 6.00. The fourth-order valence-corrected chi connectivity index (χ4v) is 3.72. The molecule has 3 atom stereocenters. The van der Waals surface area contributed by atoms with E-state index in [4.69, 9.17) is 4.74 Å². The van der Waals surface area contributed by atoms with Crippen molar-refractivity contribution in [1.29, 1.82) is 0 Å². The third-order valence-electron chi connectivity index (χ3n) is 4.86. The van der Waals surface area contributed by atoms with Crippen molar-refractivity contribution in [2.24, 2.45) is 5.92 Å². The average Bonchev–Trinajstić information content (AvgIpc) is 2.62. The Hall–Kier alpha value is -0.120. The number of hydrogen-bond donors (Lipinski definition) is 1. The number of fused-ring (bicyclic) bond motifs is 2. The highest BCUT2D eigenvalue weighted by atomic mass is 16.5. The van der Waals surface area contributed by atoms with E-state index in [-0.39, 0.29) is 0 Å². The van der Waals surface area contributed by atoms with E-state index in [1.54, 1.807) is 0 Å². The number of piperidine rings is 1. The number of nitrogens with zero attached hydrogens (tertiary/aromatic N) is 1. The van der Waals surface area contributed by atoms with Crippen LogP contribution in [0.1, 0.15) is 46.0 Å². The van der Waals surface area contributed by atoms with Crippen molar-refractivity contribution >= 4 is 0 Å². The molecule has 0 spiro atoms. The van der Waals surface area contributed by atoms with Crippen LogP contribution in [0.25, 0.3) is 0 Å². The zero-order valence-electron chi connectivity index (χ0n) is 12.3. The predicted octanol–water partition coefficient (Wildman–Crippen LogP) is 2.26. The normalized spacial score (nSPS) is 33.8. The van der Waals surface area contributed by atoms with E-state index in [0.29, 0.717) is 6.04 Å². The molecule has 2 heterocycles. The summed E-state index contributed by atoms with van der Waals surface area (Å²) in [5.41, 5.74) is 0. The van der Waals surface area contributed by atoms with Gasteiger partial charge in [-0.3, -0.25) is 0 Å². The van der Waals surface area contributed by atoms with Crippen LogP contribution in [0.15, 0.2) is 0 Å². The Bertz CT molecular complexity index is 225. The Morgan fingerprint density at radius 1 is 1.22 bits per heavy atom. The number of ether oxygens (including phenoxy) is 1. The van der Waals surface area contributed by atoms with Gasteiger partial charge in [-0.25, -0.2) is 0 Å². The summed E-state index contributed by atoms with van der Waals surface area (Å²) in [5.74, 6) is 0.816. The molecule has 2 rings (SSSR count). The molecular formula is C15H30N2O. The minimum Gasteiger partial charge on any atom is -0.380 e. The number of hydrogen-bond acceptors (Lipinski definition) is 3. The van der Waals surface area contributed by atoms with Crippen LogP contribution in [-0.2, 0) is 4.74 Å². The quantitative estimate of drug-likeness (QED) is 0.754. The van der Waals surface area contributed by atoms with Gasteiger partial charge in [0.25, 0.3) is 0 Å². The highest BCUT2D eigenvalue weighted by Gasteiger charge is 2.40. The van der Waals surface area contributed by atoms with Crippen molar-refractivity contribution in [2.75, 3.05) is 26.8 Å². The van der Waals surface area contributed by atoms with Crippen molar-refractivity contribution in [3.8, 4) is 0 Å². The summed E-state index contributed by atoms with van der Waals surface area (Å²) in [5, 5.41) is 3.71. The topological polar surface area (TPSA) is 24.5 Å². The van der Waals surface area contributed by atoms with Crippen LogP contribution in [0.3, 0.4) is 0 Å². The second-order valence-electron chi connectivity index (χ2n) is 6.00. The summed E-state index contributed by atoms with van der Waals surface area (Å²) in [4.78, 5) is 2.62. The Balaban J connectivity index is 1.89. The maximum absolute atomic E-state index is 5.69. The van der Waals surface area contributed by atoms with E-state index in [9.17, 15) is 0 Å². The molecule has 0 radical (unpaired) electrons. The van der Waals surface area contributed by atoms with E-state index in [1.165, 1.54) is 32.1 Å². The highest BCUT2D eigenvalue weighted by Crippen LogP contribution is 2.38. The molecule has 0 saturated carbocycles. The molecule has 2 saturated heterocycles. The Morgan fingerprint density at radius 3 is 2.44 bits per heavy atom. The van der Waals surface area contributed by atoms with Crippen LogP contribution in [0.5, 0.6) is 0 Å². The van der Waals surface area contributed by atoms with Gasteiger partial charge in [-0.2, -0.15) is 0 Å². The lowest BCUT2D eigenvalue weighted by molar-refractivity contribution is 0.0611. The average molecular weight is 254 g/mol. The summed E-state index contributed by atoms with van der Waals surface area (Å²) < 4.78 is 5.69. The first-order chi connectivity index (χ1) is 8.76. The largest absolute Gasteiger partial charge is 0.380 e. The first-order valence-corrected chi connectivity index (χ1v) is 7.79. The highest BCUT2D eigenvalue weighted by molar-refractivity contribution is 4.96. The Morgan fingerprint density at radius 2 is 1.89 bits per heavy atom. The molecule has 0 aliphatic carbocycles. The van der Waals surface area contributed by atoms with Gasteiger partial charge in [-0.15, -0.1) is 0 Å². The fraction of sp³-hybridized carbons (Fsp3) is 1.00. The van der Waals surface area contributed by atoms with Gasteiger partial charge in [-0.05, 0) is 58.5 Å². The number of nitrogens with one attached hydrogen (secondary N) is 1. The van der Waals surface area contributed by atoms with Gasteiger partial charge in [0.2, 0.25) is 0 Å². The monoisotopic (exact) mass is 254 g/mol. The zero-order valence-corrected chi connectivity index (χ0v) is 12.3. The first-order valence-electron chi connectivity index (χ1n) is 7.79. The smallest absolute Gasteiger partial charge is 0.0622 e. The van der Waals surface area contributed by atoms with Crippen molar-refractivity contribution in [3.05, 3.63) is 0 Å². The molecule has 2 fully saturated rings. The molecule has 2 aliphatic rings. The molecule has 2 bridgehead atoms. The minimum absolute atomic E-state index is 0.571. The SMILES string of the molecule is CCCNC(COCC)C1CC2CCC(C1)N2C. The zero-order chi connectivity index (χ0) is 13.0. The van der Waals surface area contributed by atoms with Gasteiger partial charge in [-0.1, -0.05) is 6.92 Å². The van der Waals surface area contributed by atoms with Crippen LogP contribution in [-0.4, -0.2) is 49.8 Å². The van der Waals surface area contributed by atoms with E-state index in [2.05, 4.69) is 31.1 Å². The van der Waals surface area contributed by atoms with Crippen LogP contribution in [0.4, 0.5) is 0 Å². The van der Waals surface area contributed by atoms with Crippen LogP contribution < -0.4 is 5.32 Å². The molecule has 0 aromatic carbocycles. The molecule has 18 heavy (non-hydrogen) atoms. The lowest BCUT2D eigenvalue weighted by atomic mass is 9.85. The van der Waals surface area contributed by atoms with Gasteiger partial charge in [0.05, 0.1) is 6.61 Å². The summed E-state index contributed by atoms with van der Waals surface area (Å²) in [6, 6.07) is 2.24. The molecule has 2 aliphatic heterocycles. The summed E-state index contributed by atoms with van der Waals surface area (Å²) in [6.45, 7) is 7.19. The molecule has 0 aromatic heterocycles. The second kappa shape index (κ2) is 6.88. The Kier molecular flexibility index (Phi) is 5.46. The van der Waals surface area contributed by atoms with Crippen LogP contribution >= 0.6 is 0 Å². The molecule has 3 heteroatoms. The molecule has 106 valence electrons. The van der Waals surface area contributed by atoms with E-state index in [1.807, 2.05) is 0 Å². The molecule has 3 nitrogen and oxygen atoms in total. The van der Waals surface area contributed by atoms with Gasteiger partial charge >= 0.3 is 0 Å². The maximum atomic E-state index is 5.69. The van der Waals surface area contributed by atoms with Crippen molar-refractivity contribution in [3.63, 3.8) is 0 Å². The third kappa shape index (κ3) is 3.25. The van der Waals surface area contributed by atoms with Gasteiger partial charge in [0, 0.05) is 24.7 Å². The van der Waals surface area contributed by atoms with Gasteiger partial charge in [0.1, 0.15) is 0 Å². The summed E-state index contributed by atoms with van der Waals surface area (Å²) >= 11 is 0. The van der Waals surface area contributed by atoms with E-state index < -0.39 is 0 Å². The van der Waals surface area contributed by atoms with E-state index >= 15 is 0 Å². The minimum atomic E-state index is 0.571. The van der Waals surface area contributed by atoms with Crippen molar-refractivity contribution in [1.82, 2.24) is 10.2 Å². The van der Waals surface area contributed by atoms with Gasteiger partial charge < -0.3 is 15.0 Å². The number of rotatable bonds is 7. The first kappa shape index (κ1) is 14.3. The molecule has 3 unspecified atom stereocenters. The fourth-order valence-electron chi connectivity index (χ4n) is 3.72. The molecule has 0 amide bonds. The Labute approximate surface area is 112 Å². The standard InChI is InChI=1S/C15H30N2O/c1-4-8-16-15(11-18-5-2)12-9-13-6-7-14(10-12)17(13)3/h12-16H,4-11H2,1-3H3.